The lowest BCUT2D eigenvalue weighted by atomic mass is 10.3. The number of ether oxygens (including phenoxy) is 1. The van der Waals surface area contributed by atoms with Crippen molar-refractivity contribution in [3.05, 3.63) is 129 Å². The zero-order chi connectivity index (χ0) is 31.3. The van der Waals surface area contributed by atoms with Crippen LogP contribution in [0.3, 0.4) is 0 Å². The summed E-state index contributed by atoms with van der Waals surface area (Å²) >= 11 is 0. The first-order valence-corrected chi connectivity index (χ1v) is 12.9. The maximum Gasteiger partial charge on any atom is 0.323 e. The van der Waals surface area contributed by atoms with E-state index in [9.17, 15) is 29.8 Å². The summed E-state index contributed by atoms with van der Waals surface area (Å²) in [5.74, 6) is 0. The van der Waals surface area contributed by atoms with Crippen molar-refractivity contribution < 1.29 is 24.2 Å². The molecule has 0 bridgehead atoms. The number of rotatable bonds is 5. The number of hydrogen-bond acceptors (Lipinski definition) is 9. The molecule has 4 N–H and O–H groups in total. The molecule has 13 heteroatoms. The number of carbonyl (C=O) groups is 1. The summed E-state index contributed by atoms with van der Waals surface area (Å²) in [6, 6.07) is 29.0. The van der Waals surface area contributed by atoms with Crippen LogP contribution < -0.4 is 16.4 Å². The lowest BCUT2D eigenvalue weighted by molar-refractivity contribution is -0.385. The van der Waals surface area contributed by atoms with Gasteiger partial charge in [0.2, 0.25) is 6.08 Å². The summed E-state index contributed by atoms with van der Waals surface area (Å²) < 4.78 is 4.94. The maximum atomic E-state index is 11.6. The third-order valence-corrected chi connectivity index (χ3v) is 5.23. The average molecular weight is 587 g/mol. The number of nitrogens with one attached hydrogen (secondary N) is 2. The molecule has 0 spiro atoms. The topological polar surface area (TPSA) is 192 Å². The molecule has 0 radical (unpaired) electrons. The van der Waals surface area contributed by atoms with Crippen molar-refractivity contribution in [3.63, 3.8) is 0 Å². The van der Waals surface area contributed by atoms with Gasteiger partial charge in [-0.3, -0.25) is 20.2 Å². The minimum Gasteiger partial charge on any atom is -0.399 e. The summed E-state index contributed by atoms with van der Waals surface area (Å²) in [4.78, 5) is 44.3. The minimum absolute atomic E-state index is 0.0194. The zero-order valence-corrected chi connectivity index (χ0v) is 23.0. The molecule has 0 aliphatic carbocycles. The molecular weight excluding hydrogens is 556 g/mol. The number of non-ortho nitro benzene ring substituents is 2. The van der Waals surface area contributed by atoms with Crippen molar-refractivity contribution in [2.75, 3.05) is 29.6 Å². The van der Waals surface area contributed by atoms with Crippen LogP contribution in [0.1, 0.15) is 12.8 Å². The van der Waals surface area contributed by atoms with E-state index in [4.69, 9.17) is 10.5 Å². The summed E-state index contributed by atoms with van der Waals surface area (Å²) in [5.41, 5.74) is 7.64. The van der Waals surface area contributed by atoms with E-state index in [1.807, 2.05) is 48.5 Å². The van der Waals surface area contributed by atoms with Gasteiger partial charge < -0.3 is 21.1 Å². The Labute approximate surface area is 247 Å². The van der Waals surface area contributed by atoms with Gasteiger partial charge in [-0.2, -0.15) is 4.99 Å². The Morgan fingerprint density at radius 1 is 0.721 bits per heavy atom. The number of urea groups is 1. The molecule has 1 aliphatic heterocycles. The van der Waals surface area contributed by atoms with E-state index in [2.05, 4.69) is 15.6 Å². The fourth-order valence-corrected chi connectivity index (χ4v) is 3.15. The van der Waals surface area contributed by atoms with Gasteiger partial charge in [0.1, 0.15) is 0 Å². The van der Waals surface area contributed by atoms with Crippen LogP contribution in [0.5, 0.6) is 0 Å². The predicted molar refractivity (Wildman–Crippen MR) is 164 cm³/mol. The second-order valence-electron chi connectivity index (χ2n) is 8.46. The smallest absolute Gasteiger partial charge is 0.323 e. The van der Waals surface area contributed by atoms with E-state index in [-0.39, 0.29) is 11.4 Å². The monoisotopic (exact) mass is 586 g/mol. The van der Waals surface area contributed by atoms with E-state index < -0.39 is 15.9 Å². The minimum atomic E-state index is -0.519. The van der Waals surface area contributed by atoms with Crippen molar-refractivity contribution in [2.24, 2.45) is 4.99 Å². The Kier molecular flexibility index (Phi) is 14.9. The quantitative estimate of drug-likeness (QED) is 0.0741. The second-order valence-corrected chi connectivity index (χ2v) is 8.46. The van der Waals surface area contributed by atoms with Gasteiger partial charge in [-0.1, -0.05) is 36.4 Å². The number of carbonyl (C=O) groups excluding carboxylic acids is 2. The lowest BCUT2D eigenvalue weighted by Crippen LogP contribution is -2.19. The molecule has 1 heterocycles. The molecule has 1 aliphatic rings. The number of benzene rings is 4. The highest BCUT2D eigenvalue weighted by Gasteiger charge is 2.06. The van der Waals surface area contributed by atoms with Gasteiger partial charge in [0.05, 0.1) is 15.5 Å². The Balaban J connectivity index is 0.000000227. The standard InChI is InChI=1S/C13H11N3O3.C7H4N2O3.C6H7N.C4H8O/c17-13(14-10-4-2-1-3-5-10)15-11-6-8-12(9-7-11)16(18)19;10-5-8-6-1-3-7(4-2-6)9(11)12;7-6-4-2-1-3-5-6;1-2-4-5-3-1/h1-9H,(H2,14,15,17);1-4H;1-5H,7H2;1-4H2. The van der Waals surface area contributed by atoms with E-state index in [1.165, 1.54) is 67.5 Å². The lowest BCUT2D eigenvalue weighted by Gasteiger charge is -2.07. The molecule has 1 fully saturated rings. The number of para-hydroxylation sites is 2. The van der Waals surface area contributed by atoms with Crippen LogP contribution in [0, 0.1) is 20.2 Å². The van der Waals surface area contributed by atoms with Gasteiger partial charge >= 0.3 is 6.03 Å². The first kappa shape index (κ1) is 33.3. The number of nitrogen functional groups attached to an aromatic ring is 1. The molecular formula is C30H30N6O7. The Hall–Kier alpha value is -5.91. The first-order chi connectivity index (χ1) is 20.8. The number of nitrogens with two attached hydrogens (primary N) is 1. The van der Waals surface area contributed by atoms with Gasteiger partial charge in [-0.25, -0.2) is 9.59 Å². The Bertz CT molecular complexity index is 1430. The summed E-state index contributed by atoms with van der Waals surface area (Å²) in [7, 11) is 0. The molecule has 4 aromatic carbocycles. The predicted octanol–water partition coefficient (Wildman–Crippen LogP) is 6.87. The van der Waals surface area contributed by atoms with Crippen molar-refractivity contribution >= 4 is 46.2 Å². The van der Waals surface area contributed by atoms with Crippen molar-refractivity contribution in [1.29, 1.82) is 0 Å². The normalized spacial score (nSPS) is 10.9. The van der Waals surface area contributed by atoms with Crippen LogP contribution in [-0.4, -0.2) is 35.2 Å². The SMILES string of the molecule is C1CCOC1.Nc1ccccc1.O=C(Nc1ccccc1)Nc1ccc([N+](=O)[O-])cc1.O=C=Nc1ccc([N+](=O)[O-])cc1. The van der Waals surface area contributed by atoms with Crippen LogP contribution in [0.2, 0.25) is 0 Å². The van der Waals surface area contributed by atoms with Crippen molar-refractivity contribution in [3.8, 4) is 0 Å². The summed E-state index contributed by atoms with van der Waals surface area (Å²) in [6.07, 6.45) is 3.89. The number of nitro groups is 2. The molecule has 1 saturated heterocycles. The molecule has 0 aromatic heterocycles. The van der Waals surface area contributed by atoms with Gasteiger partial charge in [0, 0.05) is 54.5 Å². The fraction of sp³-hybridized carbons (Fsp3) is 0.133. The molecule has 0 unspecified atom stereocenters. The molecule has 2 amide bonds. The third kappa shape index (κ3) is 14.3. The number of amides is 2. The second kappa shape index (κ2) is 19.2. The first-order valence-electron chi connectivity index (χ1n) is 12.9. The average Bonchev–Trinajstić information content (AvgIpc) is 3.60. The van der Waals surface area contributed by atoms with Crippen LogP contribution in [0.25, 0.3) is 0 Å². The molecule has 0 atom stereocenters. The summed E-state index contributed by atoms with van der Waals surface area (Å²) in [5, 5.41) is 25.9. The van der Waals surface area contributed by atoms with Gasteiger partial charge in [0.15, 0.2) is 0 Å². The number of nitrogens with zero attached hydrogens (tertiary/aromatic N) is 3. The molecule has 43 heavy (non-hydrogen) atoms. The maximum absolute atomic E-state index is 11.6. The van der Waals surface area contributed by atoms with Gasteiger partial charge in [0.25, 0.3) is 11.4 Å². The van der Waals surface area contributed by atoms with E-state index in [1.54, 1.807) is 12.1 Å². The molecule has 13 nitrogen and oxygen atoms in total. The highest BCUT2D eigenvalue weighted by molar-refractivity contribution is 5.99. The Morgan fingerprint density at radius 3 is 1.53 bits per heavy atom. The van der Waals surface area contributed by atoms with Crippen LogP contribution in [0.15, 0.2) is 114 Å². The number of aliphatic imine (C=N–C) groups is 1. The van der Waals surface area contributed by atoms with Crippen molar-refractivity contribution in [1.82, 2.24) is 0 Å². The summed E-state index contributed by atoms with van der Waals surface area (Å²) in [6.45, 7) is 2.00. The van der Waals surface area contributed by atoms with Crippen molar-refractivity contribution in [2.45, 2.75) is 12.8 Å². The largest absolute Gasteiger partial charge is 0.399 e. The van der Waals surface area contributed by atoms with E-state index >= 15 is 0 Å². The molecule has 4 aromatic rings. The molecule has 0 saturated carbocycles. The molecule has 222 valence electrons. The Morgan fingerprint density at radius 2 is 1.16 bits per heavy atom. The van der Waals surface area contributed by atoms with E-state index in [0.717, 1.165) is 18.9 Å². The zero-order valence-electron chi connectivity index (χ0n) is 23.0. The van der Waals surface area contributed by atoms with Gasteiger partial charge in [-0.05, 0) is 61.4 Å². The molecule has 5 rings (SSSR count). The third-order valence-electron chi connectivity index (χ3n) is 5.23. The van der Waals surface area contributed by atoms with Crippen LogP contribution in [0.4, 0.5) is 38.9 Å². The number of hydrogen-bond donors (Lipinski definition) is 3. The van der Waals surface area contributed by atoms with Gasteiger partial charge in [-0.15, -0.1) is 0 Å². The van der Waals surface area contributed by atoms with E-state index in [0.29, 0.717) is 17.1 Å². The number of anilines is 3. The number of isocyanates is 1. The highest BCUT2D eigenvalue weighted by atomic mass is 16.6. The fourth-order valence-electron chi connectivity index (χ4n) is 3.15. The number of nitro benzene ring substituents is 2. The highest BCUT2D eigenvalue weighted by Crippen LogP contribution is 2.17. The van der Waals surface area contributed by atoms with Crippen LogP contribution in [-0.2, 0) is 9.53 Å². The van der Waals surface area contributed by atoms with Crippen LogP contribution >= 0.6 is 0 Å².